The van der Waals surface area contributed by atoms with Crippen molar-refractivity contribution in [3.05, 3.63) is 0 Å². The van der Waals surface area contributed by atoms with Gasteiger partial charge in [0.05, 0.1) is 0 Å². The minimum absolute atomic E-state index is 0.0619. The molecular formula is C58H112O6. The molecule has 6 nitrogen and oxygen atoms in total. The summed E-state index contributed by atoms with van der Waals surface area (Å²) in [6.45, 7) is 9.06. The van der Waals surface area contributed by atoms with E-state index in [9.17, 15) is 14.4 Å². The summed E-state index contributed by atoms with van der Waals surface area (Å²) in [6, 6.07) is 0. The first-order valence-electron chi connectivity index (χ1n) is 28.9. The SMILES string of the molecule is CCCCCCCCCCCCCCCCCCCCC(=O)OC[C@H](COC(=O)CCCCCCCCCCCCCCCC(C)C)OC(=O)CCCCCCCCCCCCCC. The minimum Gasteiger partial charge on any atom is -0.462 e. The maximum absolute atomic E-state index is 12.8. The molecule has 0 aromatic heterocycles. The highest BCUT2D eigenvalue weighted by Gasteiger charge is 2.19. The van der Waals surface area contributed by atoms with Gasteiger partial charge in [-0.3, -0.25) is 14.4 Å². The van der Waals surface area contributed by atoms with Gasteiger partial charge in [0.25, 0.3) is 0 Å². The van der Waals surface area contributed by atoms with Crippen LogP contribution in [-0.2, 0) is 28.6 Å². The number of carbonyl (C=O) groups excluding carboxylic acids is 3. The Hall–Kier alpha value is -1.59. The molecule has 64 heavy (non-hydrogen) atoms. The maximum atomic E-state index is 12.8. The monoisotopic (exact) mass is 905 g/mol. The first-order chi connectivity index (χ1) is 31.4. The Morgan fingerprint density at radius 1 is 0.297 bits per heavy atom. The molecular weight excluding hydrogens is 793 g/mol. The van der Waals surface area contributed by atoms with Gasteiger partial charge in [-0.15, -0.1) is 0 Å². The second kappa shape index (κ2) is 52.4. The van der Waals surface area contributed by atoms with E-state index in [-0.39, 0.29) is 31.1 Å². The highest BCUT2D eigenvalue weighted by Crippen LogP contribution is 2.18. The molecule has 0 aliphatic rings. The van der Waals surface area contributed by atoms with Gasteiger partial charge in [-0.25, -0.2) is 0 Å². The van der Waals surface area contributed by atoms with Crippen LogP contribution in [0.2, 0.25) is 0 Å². The quantitative estimate of drug-likeness (QED) is 0.0344. The molecule has 0 saturated heterocycles. The van der Waals surface area contributed by atoms with Crippen molar-refractivity contribution >= 4 is 17.9 Å². The lowest BCUT2D eigenvalue weighted by Crippen LogP contribution is -2.30. The molecule has 0 bridgehead atoms. The van der Waals surface area contributed by atoms with Crippen molar-refractivity contribution in [3.8, 4) is 0 Å². The molecule has 0 spiro atoms. The van der Waals surface area contributed by atoms with Gasteiger partial charge in [0, 0.05) is 19.3 Å². The minimum atomic E-state index is -0.761. The van der Waals surface area contributed by atoms with Crippen molar-refractivity contribution in [2.24, 2.45) is 5.92 Å². The van der Waals surface area contributed by atoms with Gasteiger partial charge in [0.2, 0.25) is 0 Å². The number of hydrogen-bond acceptors (Lipinski definition) is 6. The van der Waals surface area contributed by atoms with E-state index in [2.05, 4.69) is 27.7 Å². The summed E-state index contributed by atoms with van der Waals surface area (Å²) in [4.78, 5) is 38.1. The topological polar surface area (TPSA) is 78.9 Å². The van der Waals surface area contributed by atoms with Crippen molar-refractivity contribution in [3.63, 3.8) is 0 Å². The molecule has 0 aromatic carbocycles. The van der Waals surface area contributed by atoms with Crippen LogP contribution in [0.25, 0.3) is 0 Å². The molecule has 6 heteroatoms. The van der Waals surface area contributed by atoms with Gasteiger partial charge in [-0.2, -0.15) is 0 Å². The number of rotatable bonds is 53. The van der Waals surface area contributed by atoms with Crippen molar-refractivity contribution < 1.29 is 28.6 Å². The Kier molecular flexibility index (Phi) is 51.1. The van der Waals surface area contributed by atoms with Crippen molar-refractivity contribution in [1.29, 1.82) is 0 Å². The van der Waals surface area contributed by atoms with E-state index in [0.717, 1.165) is 63.7 Å². The van der Waals surface area contributed by atoms with Crippen LogP contribution in [0.4, 0.5) is 0 Å². The zero-order chi connectivity index (χ0) is 46.7. The van der Waals surface area contributed by atoms with Crippen LogP contribution in [0.5, 0.6) is 0 Å². The normalized spacial score (nSPS) is 12.0. The standard InChI is InChI=1S/C58H112O6/c1-5-7-9-11-13-15-17-19-20-21-22-23-26-30-33-37-41-45-49-56(59)62-52-55(64-58(61)51-47-43-39-35-29-18-16-14-12-10-8-6-2)53-63-57(60)50-46-42-38-34-31-27-24-25-28-32-36-40-44-48-54(3)4/h54-55H,5-53H2,1-4H3/t55-/m1/s1. The fraction of sp³-hybridized carbons (Fsp3) is 0.948. The molecule has 0 radical (unpaired) electrons. The Bertz CT molecular complexity index is 964. The Labute approximate surface area is 399 Å². The molecule has 1 atom stereocenters. The number of carbonyl (C=O) groups is 3. The molecule has 0 aliphatic heterocycles. The third-order valence-electron chi connectivity index (χ3n) is 13.3. The van der Waals surface area contributed by atoms with Crippen LogP contribution in [0.15, 0.2) is 0 Å². The number of hydrogen-bond donors (Lipinski definition) is 0. The Morgan fingerprint density at radius 2 is 0.516 bits per heavy atom. The van der Waals surface area contributed by atoms with E-state index < -0.39 is 6.10 Å². The lowest BCUT2D eigenvalue weighted by Gasteiger charge is -2.18. The number of unbranched alkanes of at least 4 members (excludes halogenated alkanes) is 40. The van der Waals surface area contributed by atoms with Crippen molar-refractivity contribution in [2.75, 3.05) is 13.2 Å². The second-order valence-electron chi connectivity index (χ2n) is 20.4. The second-order valence-corrected chi connectivity index (χ2v) is 20.4. The first-order valence-corrected chi connectivity index (χ1v) is 28.9. The van der Waals surface area contributed by atoms with Gasteiger partial charge in [0.15, 0.2) is 6.10 Å². The smallest absolute Gasteiger partial charge is 0.306 e. The summed E-state index contributed by atoms with van der Waals surface area (Å²) >= 11 is 0. The first kappa shape index (κ1) is 62.4. The third-order valence-corrected chi connectivity index (χ3v) is 13.3. The summed E-state index contributed by atoms with van der Waals surface area (Å²) in [5.74, 6) is 0.00367. The van der Waals surface area contributed by atoms with Crippen LogP contribution in [0.3, 0.4) is 0 Å². The van der Waals surface area contributed by atoms with E-state index in [1.807, 2.05) is 0 Å². The van der Waals surface area contributed by atoms with Crippen molar-refractivity contribution in [1.82, 2.24) is 0 Å². The molecule has 0 aromatic rings. The summed E-state index contributed by atoms with van der Waals surface area (Å²) < 4.78 is 16.9. The molecule has 0 N–H and O–H groups in total. The lowest BCUT2D eigenvalue weighted by molar-refractivity contribution is -0.167. The van der Waals surface area contributed by atoms with E-state index in [0.29, 0.717) is 19.3 Å². The summed E-state index contributed by atoms with van der Waals surface area (Å²) in [5, 5.41) is 0. The average Bonchev–Trinajstić information content (AvgIpc) is 3.28. The zero-order valence-electron chi connectivity index (χ0n) is 43.8. The highest BCUT2D eigenvalue weighted by atomic mass is 16.6. The van der Waals surface area contributed by atoms with Crippen LogP contribution < -0.4 is 0 Å². The highest BCUT2D eigenvalue weighted by molar-refractivity contribution is 5.71. The molecule has 0 heterocycles. The Morgan fingerprint density at radius 3 is 0.766 bits per heavy atom. The summed E-state index contributed by atoms with van der Waals surface area (Å²) in [5.41, 5.74) is 0. The van der Waals surface area contributed by atoms with Gasteiger partial charge in [-0.1, -0.05) is 291 Å². The van der Waals surface area contributed by atoms with Crippen LogP contribution in [0.1, 0.15) is 329 Å². The van der Waals surface area contributed by atoms with E-state index >= 15 is 0 Å². The van der Waals surface area contributed by atoms with E-state index in [1.165, 1.54) is 225 Å². The van der Waals surface area contributed by atoms with Crippen LogP contribution in [0, 0.1) is 5.92 Å². The predicted molar refractivity (Wildman–Crippen MR) is 275 cm³/mol. The summed E-state index contributed by atoms with van der Waals surface area (Å²) in [6.07, 6.45) is 56.6. The van der Waals surface area contributed by atoms with Crippen LogP contribution >= 0.6 is 0 Å². The van der Waals surface area contributed by atoms with E-state index in [1.54, 1.807) is 0 Å². The number of ether oxygens (including phenoxy) is 3. The molecule has 0 amide bonds. The molecule has 0 aliphatic carbocycles. The predicted octanol–water partition coefficient (Wildman–Crippen LogP) is 19.0. The van der Waals surface area contributed by atoms with E-state index in [4.69, 9.17) is 14.2 Å². The largest absolute Gasteiger partial charge is 0.462 e. The number of esters is 3. The molecule has 0 saturated carbocycles. The van der Waals surface area contributed by atoms with Gasteiger partial charge in [-0.05, 0) is 25.2 Å². The lowest BCUT2D eigenvalue weighted by atomic mass is 10.0. The third kappa shape index (κ3) is 51.4. The molecule has 0 fully saturated rings. The van der Waals surface area contributed by atoms with Gasteiger partial charge < -0.3 is 14.2 Å². The van der Waals surface area contributed by atoms with Gasteiger partial charge >= 0.3 is 17.9 Å². The zero-order valence-corrected chi connectivity index (χ0v) is 43.8. The Balaban J connectivity index is 4.26. The van der Waals surface area contributed by atoms with Crippen LogP contribution in [-0.4, -0.2) is 37.2 Å². The van der Waals surface area contributed by atoms with Crippen molar-refractivity contribution in [2.45, 2.75) is 336 Å². The summed E-state index contributed by atoms with van der Waals surface area (Å²) in [7, 11) is 0. The fourth-order valence-electron chi connectivity index (χ4n) is 8.92. The fourth-order valence-corrected chi connectivity index (χ4v) is 8.92. The molecule has 0 unspecified atom stereocenters. The maximum Gasteiger partial charge on any atom is 0.306 e. The van der Waals surface area contributed by atoms with Gasteiger partial charge in [0.1, 0.15) is 13.2 Å². The molecule has 380 valence electrons. The molecule has 0 rings (SSSR count). The average molecular weight is 906 g/mol.